The Hall–Kier alpha value is -3.80. The fourth-order valence-corrected chi connectivity index (χ4v) is 3.04. The number of rotatable bonds is 8. The molecule has 6 nitrogen and oxygen atoms in total. The van der Waals surface area contributed by atoms with Gasteiger partial charge in [-0.25, -0.2) is 4.79 Å². The zero-order valence-electron chi connectivity index (χ0n) is 17.8. The van der Waals surface area contributed by atoms with E-state index in [1.807, 2.05) is 44.2 Å². The van der Waals surface area contributed by atoms with Crippen molar-refractivity contribution in [1.29, 1.82) is 0 Å². The summed E-state index contributed by atoms with van der Waals surface area (Å²) in [5, 5.41) is 2.81. The van der Waals surface area contributed by atoms with Crippen LogP contribution >= 0.6 is 0 Å². The van der Waals surface area contributed by atoms with Crippen LogP contribution in [0, 0.1) is 13.8 Å². The average Bonchev–Trinajstić information content (AvgIpc) is 2.77. The van der Waals surface area contributed by atoms with Crippen LogP contribution in [0.25, 0.3) is 0 Å². The van der Waals surface area contributed by atoms with E-state index in [0.29, 0.717) is 22.7 Å². The summed E-state index contributed by atoms with van der Waals surface area (Å²) in [4.78, 5) is 25.6. The Kier molecular flexibility index (Phi) is 7.27. The van der Waals surface area contributed by atoms with E-state index in [1.54, 1.807) is 42.5 Å². The summed E-state index contributed by atoms with van der Waals surface area (Å²) >= 11 is 0. The summed E-state index contributed by atoms with van der Waals surface area (Å²) in [7, 11) is 1.53. The maximum absolute atomic E-state index is 13.1. The van der Waals surface area contributed by atoms with Gasteiger partial charge in [0.25, 0.3) is 5.91 Å². The second-order valence-electron chi connectivity index (χ2n) is 7.03. The molecule has 0 saturated heterocycles. The highest BCUT2D eigenvalue weighted by molar-refractivity contribution is 5.97. The van der Waals surface area contributed by atoms with E-state index < -0.39 is 18.0 Å². The van der Waals surface area contributed by atoms with E-state index in [1.165, 1.54) is 7.11 Å². The lowest BCUT2D eigenvalue weighted by Gasteiger charge is -2.19. The molecule has 0 unspecified atom stereocenters. The molecule has 3 rings (SSSR count). The monoisotopic (exact) mass is 419 g/mol. The molecule has 0 aliphatic rings. The molecule has 0 aliphatic heterocycles. The smallest absolute Gasteiger partial charge is 0.345 e. The Labute approximate surface area is 181 Å². The first kappa shape index (κ1) is 21.9. The molecule has 0 aliphatic carbocycles. The van der Waals surface area contributed by atoms with E-state index in [9.17, 15) is 9.59 Å². The van der Waals surface area contributed by atoms with Crippen LogP contribution in [-0.2, 0) is 14.3 Å². The predicted octanol–water partition coefficient (Wildman–Crippen LogP) is 4.61. The number of amides is 1. The molecule has 0 spiro atoms. The SMILES string of the molecule is COc1ccc(C)cc1NC(=O)[C@@H](OC(=O)COc1ccccc1C)c1ccccc1. The summed E-state index contributed by atoms with van der Waals surface area (Å²) < 4.78 is 16.4. The minimum atomic E-state index is -1.14. The van der Waals surface area contributed by atoms with Crippen molar-refractivity contribution in [3.8, 4) is 11.5 Å². The van der Waals surface area contributed by atoms with Gasteiger partial charge in [-0.05, 0) is 43.2 Å². The quantitative estimate of drug-likeness (QED) is 0.540. The van der Waals surface area contributed by atoms with Crippen LogP contribution in [0.2, 0.25) is 0 Å². The Balaban J connectivity index is 1.76. The predicted molar refractivity (Wildman–Crippen MR) is 118 cm³/mol. The summed E-state index contributed by atoms with van der Waals surface area (Å²) in [5.74, 6) is -0.0348. The fraction of sp³-hybridized carbons (Fsp3) is 0.200. The van der Waals surface area contributed by atoms with Gasteiger partial charge in [0.05, 0.1) is 12.8 Å². The van der Waals surface area contributed by atoms with Crippen LogP contribution in [0.15, 0.2) is 72.8 Å². The number of carbonyl (C=O) groups is 2. The van der Waals surface area contributed by atoms with Gasteiger partial charge in [-0.15, -0.1) is 0 Å². The molecule has 1 atom stereocenters. The minimum Gasteiger partial charge on any atom is -0.495 e. The third kappa shape index (κ3) is 5.85. The first-order chi connectivity index (χ1) is 15.0. The first-order valence-corrected chi connectivity index (χ1v) is 9.86. The van der Waals surface area contributed by atoms with E-state index in [-0.39, 0.29) is 6.61 Å². The number of ether oxygens (including phenoxy) is 3. The molecule has 0 aromatic heterocycles. The van der Waals surface area contributed by atoms with Gasteiger partial charge in [0.1, 0.15) is 11.5 Å². The normalized spacial score (nSPS) is 11.3. The van der Waals surface area contributed by atoms with Crippen molar-refractivity contribution in [3.05, 3.63) is 89.5 Å². The Morgan fingerprint density at radius 2 is 1.61 bits per heavy atom. The molecule has 0 saturated carbocycles. The molecule has 1 amide bonds. The van der Waals surface area contributed by atoms with E-state index >= 15 is 0 Å². The molecule has 3 aromatic rings. The number of esters is 1. The largest absolute Gasteiger partial charge is 0.495 e. The standard InChI is InChI=1S/C25H25NO5/c1-17-13-14-22(29-3)20(15-17)26-25(28)24(19-10-5-4-6-11-19)31-23(27)16-30-21-12-8-7-9-18(21)2/h4-15,24H,16H2,1-3H3,(H,26,28)/t24-/m0/s1. The maximum atomic E-state index is 13.1. The summed E-state index contributed by atoms with van der Waals surface area (Å²) in [5.41, 5.74) is 2.91. The first-order valence-electron chi connectivity index (χ1n) is 9.86. The van der Waals surface area contributed by atoms with E-state index in [2.05, 4.69) is 5.32 Å². The number of para-hydroxylation sites is 1. The third-order valence-electron chi connectivity index (χ3n) is 4.64. The molecular weight excluding hydrogens is 394 g/mol. The zero-order valence-corrected chi connectivity index (χ0v) is 17.8. The summed E-state index contributed by atoms with van der Waals surface area (Å²) in [6, 6.07) is 21.6. The zero-order chi connectivity index (χ0) is 22.2. The number of hydrogen-bond donors (Lipinski definition) is 1. The van der Waals surface area contributed by atoms with Gasteiger partial charge in [0.2, 0.25) is 6.10 Å². The molecule has 6 heteroatoms. The molecule has 0 radical (unpaired) electrons. The van der Waals surface area contributed by atoms with Crippen molar-refractivity contribution in [2.75, 3.05) is 19.0 Å². The van der Waals surface area contributed by atoms with Gasteiger partial charge in [-0.2, -0.15) is 0 Å². The van der Waals surface area contributed by atoms with E-state index in [0.717, 1.165) is 11.1 Å². The van der Waals surface area contributed by atoms with Crippen molar-refractivity contribution < 1.29 is 23.8 Å². The van der Waals surface area contributed by atoms with Crippen LogP contribution in [0.1, 0.15) is 22.8 Å². The van der Waals surface area contributed by atoms with Crippen molar-refractivity contribution in [3.63, 3.8) is 0 Å². The molecule has 1 N–H and O–H groups in total. The summed E-state index contributed by atoms with van der Waals surface area (Å²) in [6.07, 6.45) is -1.14. The number of benzene rings is 3. The maximum Gasteiger partial charge on any atom is 0.345 e. The molecule has 0 fully saturated rings. The fourth-order valence-electron chi connectivity index (χ4n) is 3.04. The number of anilines is 1. The van der Waals surface area contributed by atoms with Crippen LogP contribution in [0.4, 0.5) is 5.69 Å². The molecule has 0 heterocycles. The van der Waals surface area contributed by atoms with E-state index in [4.69, 9.17) is 14.2 Å². The highest BCUT2D eigenvalue weighted by Gasteiger charge is 2.26. The number of aryl methyl sites for hydroxylation is 2. The molecule has 0 bridgehead atoms. The van der Waals surface area contributed by atoms with Gasteiger partial charge in [-0.1, -0.05) is 54.6 Å². The molecule has 3 aromatic carbocycles. The lowest BCUT2D eigenvalue weighted by atomic mass is 10.1. The van der Waals surface area contributed by atoms with Crippen molar-refractivity contribution in [2.45, 2.75) is 20.0 Å². The van der Waals surface area contributed by atoms with Gasteiger partial charge >= 0.3 is 5.97 Å². The van der Waals surface area contributed by atoms with Crippen LogP contribution in [0.3, 0.4) is 0 Å². The Morgan fingerprint density at radius 1 is 0.903 bits per heavy atom. The number of methoxy groups -OCH3 is 1. The van der Waals surface area contributed by atoms with Crippen LogP contribution in [-0.4, -0.2) is 25.6 Å². The lowest BCUT2D eigenvalue weighted by Crippen LogP contribution is -2.28. The number of carbonyl (C=O) groups excluding carboxylic acids is 2. The lowest BCUT2D eigenvalue weighted by molar-refractivity contribution is -0.156. The van der Waals surface area contributed by atoms with Gasteiger partial charge in [-0.3, -0.25) is 4.79 Å². The van der Waals surface area contributed by atoms with Crippen molar-refractivity contribution in [2.24, 2.45) is 0 Å². The molecule has 31 heavy (non-hydrogen) atoms. The second-order valence-corrected chi connectivity index (χ2v) is 7.03. The van der Waals surface area contributed by atoms with Crippen LogP contribution in [0.5, 0.6) is 11.5 Å². The highest BCUT2D eigenvalue weighted by Crippen LogP contribution is 2.28. The van der Waals surface area contributed by atoms with Crippen LogP contribution < -0.4 is 14.8 Å². The Morgan fingerprint density at radius 3 is 2.32 bits per heavy atom. The van der Waals surface area contributed by atoms with Crippen molar-refractivity contribution >= 4 is 17.6 Å². The topological polar surface area (TPSA) is 73.9 Å². The van der Waals surface area contributed by atoms with Gasteiger partial charge in [0.15, 0.2) is 6.61 Å². The number of nitrogens with one attached hydrogen (secondary N) is 1. The number of hydrogen-bond acceptors (Lipinski definition) is 5. The average molecular weight is 419 g/mol. The van der Waals surface area contributed by atoms with Gasteiger partial charge < -0.3 is 19.5 Å². The van der Waals surface area contributed by atoms with Crippen molar-refractivity contribution in [1.82, 2.24) is 0 Å². The Bertz CT molecular complexity index is 1050. The third-order valence-corrected chi connectivity index (χ3v) is 4.64. The van der Waals surface area contributed by atoms with Gasteiger partial charge in [0, 0.05) is 5.56 Å². The minimum absolute atomic E-state index is 0.310. The second kappa shape index (κ2) is 10.3. The molecule has 160 valence electrons. The highest BCUT2D eigenvalue weighted by atomic mass is 16.6. The molecular formula is C25H25NO5. The summed E-state index contributed by atoms with van der Waals surface area (Å²) in [6.45, 7) is 3.48.